The van der Waals surface area contributed by atoms with Crippen molar-refractivity contribution in [1.29, 1.82) is 0 Å². The van der Waals surface area contributed by atoms with Crippen LogP contribution in [0, 0.1) is 0 Å². The Bertz CT molecular complexity index is 990. The Morgan fingerprint density at radius 2 is 1.54 bits per heavy atom. The molecule has 188 valence electrons. The van der Waals surface area contributed by atoms with Gasteiger partial charge in [-0.15, -0.1) is 0 Å². The summed E-state index contributed by atoms with van der Waals surface area (Å²) in [7, 11) is 1.63. The SMILES string of the molecule is CCC[C@H]1O[C@@H]([C@H](O)[C@@H](O)c2ccco2)[C@H](OCc2ccc(OC)cc2)[C@H]1OCc1ccccc1. The number of aliphatic hydroxyl groups excluding tert-OH is 2. The third kappa shape index (κ3) is 6.31. The van der Waals surface area contributed by atoms with E-state index in [0.29, 0.717) is 13.2 Å². The van der Waals surface area contributed by atoms with Gasteiger partial charge in [0, 0.05) is 0 Å². The van der Waals surface area contributed by atoms with Gasteiger partial charge in [-0.2, -0.15) is 0 Å². The molecule has 0 saturated carbocycles. The molecule has 1 aromatic heterocycles. The van der Waals surface area contributed by atoms with Gasteiger partial charge in [0.2, 0.25) is 0 Å². The average molecular weight is 483 g/mol. The van der Waals surface area contributed by atoms with Crippen LogP contribution in [-0.2, 0) is 27.4 Å². The molecule has 0 aliphatic carbocycles. The van der Waals surface area contributed by atoms with E-state index in [-0.39, 0.29) is 11.9 Å². The highest BCUT2D eigenvalue weighted by Crippen LogP contribution is 2.36. The molecular weight excluding hydrogens is 448 g/mol. The standard InChI is InChI=1S/C28H34O7/c1-3-8-23-26(33-17-19-9-5-4-6-10-19)28(34-18-20-12-14-21(31-2)15-13-20)27(35-23)25(30)24(29)22-11-7-16-32-22/h4-7,9-16,23-30H,3,8,17-18H2,1-2H3/t23-,24+,25-,26+,27+,28-/m1/s1. The summed E-state index contributed by atoms with van der Waals surface area (Å²) in [6, 6.07) is 20.8. The van der Waals surface area contributed by atoms with Crippen molar-refractivity contribution in [3.63, 3.8) is 0 Å². The topological polar surface area (TPSA) is 90.5 Å². The van der Waals surface area contributed by atoms with Crippen molar-refractivity contribution in [1.82, 2.24) is 0 Å². The molecule has 35 heavy (non-hydrogen) atoms. The molecule has 2 heterocycles. The summed E-state index contributed by atoms with van der Waals surface area (Å²) in [6.07, 6.45) is -1.53. The second-order valence-electron chi connectivity index (χ2n) is 8.76. The highest BCUT2D eigenvalue weighted by atomic mass is 16.6. The molecule has 1 aliphatic heterocycles. The van der Waals surface area contributed by atoms with Crippen molar-refractivity contribution < 1.29 is 33.6 Å². The molecule has 0 radical (unpaired) electrons. The van der Waals surface area contributed by atoms with E-state index in [4.69, 9.17) is 23.4 Å². The summed E-state index contributed by atoms with van der Waals surface area (Å²) in [4.78, 5) is 0. The summed E-state index contributed by atoms with van der Waals surface area (Å²) in [5, 5.41) is 21.9. The molecule has 1 saturated heterocycles. The average Bonchev–Trinajstić information content (AvgIpc) is 3.55. The van der Waals surface area contributed by atoms with E-state index in [9.17, 15) is 10.2 Å². The van der Waals surface area contributed by atoms with E-state index in [1.54, 1.807) is 19.2 Å². The lowest BCUT2D eigenvalue weighted by Crippen LogP contribution is -2.44. The van der Waals surface area contributed by atoms with Crippen LogP contribution in [0.15, 0.2) is 77.4 Å². The lowest BCUT2D eigenvalue weighted by Gasteiger charge is -2.28. The Balaban J connectivity index is 1.55. The largest absolute Gasteiger partial charge is 0.497 e. The van der Waals surface area contributed by atoms with Crippen LogP contribution in [-0.4, -0.2) is 47.8 Å². The molecule has 0 amide bonds. The quantitative estimate of drug-likeness (QED) is 0.395. The van der Waals surface area contributed by atoms with E-state index in [1.807, 2.05) is 54.6 Å². The molecule has 1 fully saturated rings. The van der Waals surface area contributed by atoms with E-state index in [1.165, 1.54) is 6.26 Å². The fourth-order valence-electron chi connectivity index (χ4n) is 4.43. The minimum atomic E-state index is -1.26. The molecule has 3 aromatic rings. The Kier molecular flexibility index (Phi) is 8.95. The highest BCUT2D eigenvalue weighted by Gasteiger charge is 2.50. The van der Waals surface area contributed by atoms with E-state index in [2.05, 4.69) is 6.92 Å². The first-order valence-corrected chi connectivity index (χ1v) is 12.1. The number of aliphatic hydroxyl groups is 2. The number of benzene rings is 2. The smallest absolute Gasteiger partial charge is 0.140 e. The molecule has 6 atom stereocenters. The van der Waals surface area contributed by atoms with Gasteiger partial charge in [0.05, 0.1) is 32.7 Å². The van der Waals surface area contributed by atoms with Crippen LogP contribution in [0.1, 0.15) is 42.8 Å². The maximum Gasteiger partial charge on any atom is 0.140 e. The predicted molar refractivity (Wildman–Crippen MR) is 130 cm³/mol. The van der Waals surface area contributed by atoms with Gasteiger partial charge in [-0.3, -0.25) is 0 Å². The third-order valence-corrected chi connectivity index (χ3v) is 6.30. The van der Waals surface area contributed by atoms with E-state index < -0.39 is 30.5 Å². The van der Waals surface area contributed by atoms with Gasteiger partial charge in [-0.25, -0.2) is 0 Å². The van der Waals surface area contributed by atoms with Crippen LogP contribution in [0.5, 0.6) is 5.75 Å². The van der Waals surface area contributed by atoms with Crippen molar-refractivity contribution >= 4 is 0 Å². The summed E-state index contributed by atoms with van der Waals surface area (Å²) in [5.41, 5.74) is 1.99. The molecule has 7 nitrogen and oxygen atoms in total. The highest BCUT2D eigenvalue weighted by molar-refractivity contribution is 5.26. The monoisotopic (exact) mass is 482 g/mol. The molecule has 2 N–H and O–H groups in total. The lowest BCUT2D eigenvalue weighted by molar-refractivity contribution is -0.131. The zero-order valence-electron chi connectivity index (χ0n) is 20.2. The predicted octanol–water partition coefficient (Wildman–Crippen LogP) is 4.42. The maximum atomic E-state index is 11.1. The third-order valence-electron chi connectivity index (χ3n) is 6.30. The fraction of sp³-hybridized carbons (Fsp3) is 0.429. The summed E-state index contributed by atoms with van der Waals surface area (Å²) >= 11 is 0. The minimum absolute atomic E-state index is 0.274. The van der Waals surface area contributed by atoms with Crippen molar-refractivity contribution in [2.45, 2.75) is 69.6 Å². The van der Waals surface area contributed by atoms with Gasteiger partial charge in [-0.05, 0) is 41.8 Å². The van der Waals surface area contributed by atoms with Crippen LogP contribution < -0.4 is 4.74 Å². The van der Waals surface area contributed by atoms with Crippen LogP contribution in [0.4, 0.5) is 0 Å². The number of hydrogen-bond acceptors (Lipinski definition) is 7. The Morgan fingerprint density at radius 1 is 0.857 bits per heavy atom. The second-order valence-corrected chi connectivity index (χ2v) is 8.76. The summed E-state index contributed by atoms with van der Waals surface area (Å²) in [5.74, 6) is 1.04. The summed E-state index contributed by atoms with van der Waals surface area (Å²) in [6.45, 7) is 2.76. The van der Waals surface area contributed by atoms with Crippen LogP contribution >= 0.6 is 0 Å². The Morgan fingerprint density at radius 3 is 2.17 bits per heavy atom. The normalized spacial score (nSPS) is 23.8. The first kappa shape index (κ1) is 25.4. The molecule has 1 aliphatic rings. The van der Waals surface area contributed by atoms with Crippen molar-refractivity contribution in [3.8, 4) is 5.75 Å². The molecule has 0 spiro atoms. The number of hydrogen-bond donors (Lipinski definition) is 2. The number of rotatable bonds is 12. The number of methoxy groups -OCH3 is 1. The summed E-state index contributed by atoms with van der Waals surface area (Å²) < 4.78 is 29.6. The van der Waals surface area contributed by atoms with Gasteiger partial charge in [-0.1, -0.05) is 55.8 Å². The maximum absolute atomic E-state index is 11.1. The fourth-order valence-corrected chi connectivity index (χ4v) is 4.43. The van der Waals surface area contributed by atoms with Crippen molar-refractivity contribution in [2.24, 2.45) is 0 Å². The van der Waals surface area contributed by atoms with Gasteiger partial charge < -0.3 is 33.6 Å². The molecule has 2 aromatic carbocycles. The van der Waals surface area contributed by atoms with Gasteiger partial charge >= 0.3 is 0 Å². The van der Waals surface area contributed by atoms with Crippen molar-refractivity contribution in [3.05, 3.63) is 89.9 Å². The van der Waals surface area contributed by atoms with E-state index in [0.717, 1.165) is 29.7 Å². The van der Waals surface area contributed by atoms with Gasteiger partial charge in [0.1, 0.15) is 42.0 Å². The van der Waals surface area contributed by atoms with Crippen LogP contribution in [0.2, 0.25) is 0 Å². The minimum Gasteiger partial charge on any atom is -0.497 e. The zero-order valence-corrected chi connectivity index (χ0v) is 20.2. The first-order valence-electron chi connectivity index (χ1n) is 12.1. The zero-order chi connectivity index (χ0) is 24.6. The van der Waals surface area contributed by atoms with Crippen LogP contribution in [0.25, 0.3) is 0 Å². The Labute approximate surface area is 206 Å². The molecule has 7 heteroatoms. The molecule has 4 rings (SSSR count). The second kappa shape index (κ2) is 12.3. The lowest BCUT2D eigenvalue weighted by atomic mass is 9.97. The molecular formula is C28H34O7. The Hall–Kier alpha value is -2.68. The number of furan rings is 1. The van der Waals surface area contributed by atoms with E-state index >= 15 is 0 Å². The molecule has 0 unspecified atom stereocenters. The number of ether oxygens (including phenoxy) is 4. The molecule has 0 bridgehead atoms. The first-order chi connectivity index (χ1) is 17.1. The van der Waals surface area contributed by atoms with Gasteiger partial charge in [0.25, 0.3) is 0 Å². The van der Waals surface area contributed by atoms with Crippen LogP contribution in [0.3, 0.4) is 0 Å². The van der Waals surface area contributed by atoms with Crippen molar-refractivity contribution in [2.75, 3.05) is 7.11 Å². The van der Waals surface area contributed by atoms with Gasteiger partial charge in [0.15, 0.2) is 0 Å².